The first-order valence-corrected chi connectivity index (χ1v) is 6.17. The fourth-order valence-corrected chi connectivity index (χ4v) is 2.00. The highest BCUT2D eigenvalue weighted by Crippen LogP contribution is 2.29. The van der Waals surface area contributed by atoms with Gasteiger partial charge in [-0.05, 0) is 18.2 Å². The number of benzene rings is 1. The van der Waals surface area contributed by atoms with E-state index in [0.29, 0.717) is 23.8 Å². The highest BCUT2D eigenvalue weighted by atomic mass is 35.5. The SMILES string of the molecule is CS(=O)(=O)c1ccc2c(c1)NCCO2.Cl. The summed E-state index contributed by atoms with van der Waals surface area (Å²) in [6.45, 7) is 1.32. The van der Waals surface area contributed by atoms with Crippen LogP contribution in [0.3, 0.4) is 0 Å². The number of hydrogen-bond donors (Lipinski definition) is 1. The predicted octanol–water partition coefficient (Wildman–Crippen LogP) is 1.32. The summed E-state index contributed by atoms with van der Waals surface area (Å²) >= 11 is 0. The first kappa shape index (κ1) is 12.1. The lowest BCUT2D eigenvalue weighted by Crippen LogP contribution is -2.18. The summed E-state index contributed by atoms with van der Waals surface area (Å²) in [6.07, 6.45) is 1.19. The van der Waals surface area contributed by atoms with Crippen LogP contribution in [0.1, 0.15) is 0 Å². The summed E-state index contributed by atoms with van der Waals surface area (Å²) in [5.41, 5.74) is 0.749. The Morgan fingerprint density at radius 2 is 2.13 bits per heavy atom. The zero-order chi connectivity index (χ0) is 10.2. The Hall–Kier alpha value is -0.940. The number of hydrogen-bond acceptors (Lipinski definition) is 4. The number of halogens is 1. The second-order valence-corrected chi connectivity index (χ2v) is 5.22. The highest BCUT2D eigenvalue weighted by molar-refractivity contribution is 7.90. The lowest BCUT2D eigenvalue weighted by molar-refractivity contribution is 0.323. The maximum absolute atomic E-state index is 11.3. The van der Waals surface area contributed by atoms with Gasteiger partial charge in [-0.1, -0.05) is 0 Å². The van der Waals surface area contributed by atoms with Crippen molar-refractivity contribution in [3.05, 3.63) is 18.2 Å². The molecule has 0 aliphatic carbocycles. The molecule has 1 aliphatic rings. The molecule has 0 bridgehead atoms. The quantitative estimate of drug-likeness (QED) is 0.816. The van der Waals surface area contributed by atoms with Gasteiger partial charge in [0.1, 0.15) is 12.4 Å². The smallest absolute Gasteiger partial charge is 0.175 e. The van der Waals surface area contributed by atoms with Gasteiger partial charge in [0.2, 0.25) is 0 Å². The van der Waals surface area contributed by atoms with Crippen molar-refractivity contribution in [2.75, 3.05) is 24.7 Å². The number of nitrogens with one attached hydrogen (secondary N) is 1. The number of ether oxygens (including phenoxy) is 1. The Morgan fingerprint density at radius 3 is 2.80 bits per heavy atom. The summed E-state index contributed by atoms with van der Waals surface area (Å²) in [4.78, 5) is 0.314. The molecule has 1 aromatic rings. The molecule has 4 nitrogen and oxygen atoms in total. The van der Waals surface area contributed by atoms with Gasteiger partial charge in [0.25, 0.3) is 0 Å². The summed E-state index contributed by atoms with van der Waals surface area (Å²) in [5, 5.41) is 3.09. The Balaban J connectivity index is 0.00000112. The molecule has 1 N–H and O–H groups in total. The Labute approximate surface area is 95.0 Å². The van der Waals surface area contributed by atoms with Crippen molar-refractivity contribution in [2.24, 2.45) is 0 Å². The van der Waals surface area contributed by atoms with E-state index in [1.807, 2.05) is 0 Å². The number of anilines is 1. The Bertz CT molecular complexity index is 458. The first-order valence-electron chi connectivity index (χ1n) is 4.28. The van der Waals surface area contributed by atoms with E-state index in [-0.39, 0.29) is 12.4 Å². The summed E-state index contributed by atoms with van der Waals surface area (Å²) in [6, 6.07) is 4.84. The minimum atomic E-state index is -3.13. The van der Waals surface area contributed by atoms with E-state index < -0.39 is 9.84 Å². The third kappa shape index (κ3) is 2.54. The van der Waals surface area contributed by atoms with Crippen molar-refractivity contribution in [3.63, 3.8) is 0 Å². The molecule has 0 radical (unpaired) electrons. The van der Waals surface area contributed by atoms with Crippen molar-refractivity contribution in [1.82, 2.24) is 0 Å². The van der Waals surface area contributed by atoms with Crippen molar-refractivity contribution >= 4 is 27.9 Å². The van der Waals surface area contributed by atoms with Crippen LogP contribution in [0.25, 0.3) is 0 Å². The molecule has 84 valence electrons. The van der Waals surface area contributed by atoms with Crippen molar-refractivity contribution in [2.45, 2.75) is 4.90 Å². The van der Waals surface area contributed by atoms with E-state index in [1.54, 1.807) is 18.2 Å². The zero-order valence-electron chi connectivity index (χ0n) is 8.19. The van der Waals surface area contributed by atoms with Crippen LogP contribution in [-0.4, -0.2) is 27.8 Å². The molecule has 1 aromatic carbocycles. The van der Waals surface area contributed by atoms with Gasteiger partial charge in [0.05, 0.1) is 10.6 Å². The molecule has 0 aromatic heterocycles. The minimum Gasteiger partial charge on any atom is -0.490 e. The first-order chi connectivity index (χ1) is 6.57. The third-order valence-corrected chi connectivity index (χ3v) is 3.16. The molecule has 0 unspecified atom stereocenters. The summed E-state index contributed by atoms with van der Waals surface area (Å²) in [5.74, 6) is 0.712. The average molecular weight is 250 g/mol. The van der Waals surface area contributed by atoms with Gasteiger partial charge in [-0.15, -0.1) is 12.4 Å². The van der Waals surface area contributed by atoms with Gasteiger partial charge in [0.15, 0.2) is 9.84 Å². The van der Waals surface area contributed by atoms with Crippen LogP contribution in [0.5, 0.6) is 5.75 Å². The Morgan fingerprint density at radius 1 is 1.40 bits per heavy atom. The van der Waals surface area contributed by atoms with Gasteiger partial charge in [-0.2, -0.15) is 0 Å². The monoisotopic (exact) mass is 249 g/mol. The molecule has 0 atom stereocenters. The van der Waals surface area contributed by atoms with Crippen LogP contribution < -0.4 is 10.1 Å². The summed E-state index contributed by atoms with van der Waals surface area (Å²) in [7, 11) is -3.13. The van der Waals surface area contributed by atoms with E-state index >= 15 is 0 Å². The second kappa shape index (κ2) is 4.28. The van der Waals surface area contributed by atoms with Gasteiger partial charge in [0, 0.05) is 12.8 Å². The van der Waals surface area contributed by atoms with Crippen LogP contribution in [0.4, 0.5) is 5.69 Å². The van der Waals surface area contributed by atoms with E-state index in [4.69, 9.17) is 4.74 Å². The van der Waals surface area contributed by atoms with Crippen LogP contribution in [0.2, 0.25) is 0 Å². The van der Waals surface area contributed by atoms with E-state index in [0.717, 1.165) is 5.69 Å². The lowest BCUT2D eigenvalue weighted by Gasteiger charge is -2.19. The normalized spacial score (nSPS) is 14.2. The van der Waals surface area contributed by atoms with Crippen LogP contribution in [-0.2, 0) is 9.84 Å². The number of fused-ring (bicyclic) bond motifs is 1. The fourth-order valence-electron chi connectivity index (χ4n) is 1.35. The van der Waals surface area contributed by atoms with Crippen molar-refractivity contribution < 1.29 is 13.2 Å². The molecule has 2 rings (SSSR count). The molecular formula is C9H12ClNO3S. The average Bonchev–Trinajstić information content (AvgIpc) is 2.16. The van der Waals surface area contributed by atoms with Gasteiger partial charge in [-0.3, -0.25) is 0 Å². The fraction of sp³-hybridized carbons (Fsp3) is 0.333. The van der Waals surface area contributed by atoms with Crippen molar-refractivity contribution in [1.29, 1.82) is 0 Å². The lowest BCUT2D eigenvalue weighted by atomic mass is 10.2. The minimum absolute atomic E-state index is 0. The van der Waals surface area contributed by atoms with Gasteiger partial charge < -0.3 is 10.1 Å². The predicted molar refractivity (Wildman–Crippen MR) is 60.8 cm³/mol. The molecule has 0 amide bonds. The number of sulfone groups is 1. The van der Waals surface area contributed by atoms with E-state index in [1.165, 1.54) is 6.26 Å². The Kier molecular flexibility index (Phi) is 3.46. The molecule has 15 heavy (non-hydrogen) atoms. The molecule has 0 spiro atoms. The van der Waals surface area contributed by atoms with Gasteiger partial charge in [-0.25, -0.2) is 8.42 Å². The van der Waals surface area contributed by atoms with Crippen LogP contribution >= 0.6 is 12.4 Å². The van der Waals surface area contributed by atoms with Crippen LogP contribution in [0.15, 0.2) is 23.1 Å². The maximum Gasteiger partial charge on any atom is 0.175 e. The van der Waals surface area contributed by atoms with E-state index in [9.17, 15) is 8.42 Å². The standard InChI is InChI=1S/C9H11NO3S.ClH/c1-14(11,12)7-2-3-9-8(6-7)10-4-5-13-9;/h2-3,6,10H,4-5H2,1H3;1H. The third-order valence-electron chi connectivity index (χ3n) is 2.05. The highest BCUT2D eigenvalue weighted by Gasteiger charge is 2.13. The molecule has 0 saturated carbocycles. The largest absolute Gasteiger partial charge is 0.490 e. The molecule has 1 heterocycles. The molecule has 6 heteroatoms. The molecule has 0 saturated heterocycles. The molecule has 1 aliphatic heterocycles. The maximum atomic E-state index is 11.3. The molecular weight excluding hydrogens is 238 g/mol. The summed E-state index contributed by atoms with van der Waals surface area (Å²) < 4.78 is 27.8. The van der Waals surface area contributed by atoms with Gasteiger partial charge >= 0.3 is 0 Å². The molecule has 0 fully saturated rings. The second-order valence-electron chi connectivity index (χ2n) is 3.21. The van der Waals surface area contributed by atoms with Crippen LogP contribution in [0, 0.1) is 0 Å². The zero-order valence-corrected chi connectivity index (χ0v) is 9.82. The number of rotatable bonds is 1. The van der Waals surface area contributed by atoms with E-state index in [2.05, 4.69) is 5.32 Å². The van der Waals surface area contributed by atoms with Crippen molar-refractivity contribution in [3.8, 4) is 5.75 Å². The topological polar surface area (TPSA) is 55.4 Å².